The fourth-order valence-electron chi connectivity index (χ4n) is 5.06. The van der Waals surface area contributed by atoms with E-state index in [2.05, 4.69) is 114 Å². The molecule has 174 valence electrons. The van der Waals surface area contributed by atoms with Crippen molar-refractivity contribution in [3.8, 4) is 39.5 Å². The number of para-hydroxylation sites is 2. The van der Waals surface area contributed by atoms with E-state index in [-0.39, 0.29) is 0 Å². The molecule has 37 heavy (non-hydrogen) atoms. The Morgan fingerprint density at radius 1 is 0.432 bits per heavy atom. The molecule has 0 spiro atoms. The van der Waals surface area contributed by atoms with Gasteiger partial charge in [-0.25, -0.2) is 9.97 Å². The van der Waals surface area contributed by atoms with E-state index >= 15 is 0 Å². The maximum Gasteiger partial charge on any atom is 0.160 e. The summed E-state index contributed by atoms with van der Waals surface area (Å²) < 4.78 is 2.29. The fraction of sp³-hybridized carbons (Fsp3) is 0. The molecule has 0 atom stereocenters. The maximum absolute atomic E-state index is 5.19. The van der Waals surface area contributed by atoms with Crippen LogP contribution in [0.2, 0.25) is 0 Å². The molecule has 3 nitrogen and oxygen atoms in total. The first kappa shape index (κ1) is 21.3. The topological polar surface area (TPSA) is 30.7 Å². The minimum atomic E-state index is 0.728. The summed E-state index contributed by atoms with van der Waals surface area (Å²) in [6.45, 7) is 0. The average molecular weight is 474 g/mol. The van der Waals surface area contributed by atoms with Crippen LogP contribution in [0.3, 0.4) is 0 Å². The van der Waals surface area contributed by atoms with Crippen LogP contribution in [0.4, 0.5) is 0 Å². The predicted molar refractivity (Wildman–Crippen MR) is 153 cm³/mol. The van der Waals surface area contributed by atoms with Crippen molar-refractivity contribution in [3.63, 3.8) is 0 Å². The summed E-state index contributed by atoms with van der Waals surface area (Å²) >= 11 is 0. The Morgan fingerprint density at radius 2 is 0.973 bits per heavy atom. The summed E-state index contributed by atoms with van der Waals surface area (Å²) in [5.41, 5.74) is 9.54. The first-order valence-electron chi connectivity index (χ1n) is 12.4. The highest BCUT2D eigenvalue weighted by Crippen LogP contribution is 2.38. The standard InChI is InChI=1S/C34H23N3/c1-4-12-24(13-5-1)25-20-22-26(23-21-25)31-33-32(36-34(35-31)27-14-6-2-7-15-27)29-18-10-11-19-30(29)37(33)28-16-8-3-9-17-28/h1-23H. The van der Waals surface area contributed by atoms with Crippen molar-refractivity contribution in [1.82, 2.24) is 14.5 Å². The van der Waals surface area contributed by atoms with Crippen molar-refractivity contribution in [2.45, 2.75) is 0 Å². The Hall–Kier alpha value is -5.02. The van der Waals surface area contributed by atoms with Crippen molar-refractivity contribution in [1.29, 1.82) is 0 Å². The summed E-state index contributed by atoms with van der Waals surface area (Å²) in [5.74, 6) is 0.728. The summed E-state index contributed by atoms with van der Waals surface area (Å²) in [6, 6.07) is 48.3. The Kier molecular flexibility index (Phi) is 5.11. The molecule has 0 aliphatic rings. The maximum atomic E-state index is 5.19. The summed E-state index contributed by atoms with van der Waals surface area (Å²) in [5, 5.41) is 1.11. The van der Waals surface area contributed by atoms with Gasteiger partial charge in [0, 0.05) is 22.2 Å². The minimum absolute atomic E-state index is 0.728. The second-order valence-corrected chi connectivity index (χ2v) is 9.09. The first-order chi connectivity index (χ1) is 18.4. The molecule has 0 N–H and O–H groups in total. The van der Waals surface area contributed by atoms with E-state index in [1.165, 1.54) is 11.1 Å². The summed E-state index contributed by atoms with van der Waals surface area (Å²) in [7, 11) is 0. The van der Waals surface area contributed by atoms with E-state index in [0.29, 0.717) is 0 Å². The highest BCUT2D eigenvalue weighted by molar-refractivity contribution is 6.11. The van der Waals surface area contributed by atoms with Crippen molar-refractivity contribution >= 4 is 21.9 Å². The zero-order chi connectivity index (χ0) is 24.6. The van der Waals surface area contributed by atoms with Crippen molar-refractivity contribution in [2.75, 3.05) is 0 Å². The molecule has 0 amide bonds. The Morgan fingerprint density at radius 3 is 1.68 bits per heavy atom. The van der Waals surface area contributed by atoms with Gasteiger partial charge in [-0.05, 0) is 29.3 Å². The van der Waals surface area contributed by atoms with Gasteiger partial charge in [0.05, 0.1) is 16.7 Å². The normalized spacial score (nSPS) is 11.2. The van der Waals surface area contributed by atoms with E-state index in [0.717, 1.165) is 50.3 Å². The van der Waals surface area contributed by atoms with Gasteiger partial charge in [0.15, 0.2) is 5.82 Å². The van der Waals surface area contributed by atoms with Gasteiger partial charge in [-0.3, -0.25) is 0 Å². The highest BCUT2D eigenvalue weighted by Gasteiger charge is 2.20. The van der Waals surface area contributed by atoms with Gasteiger partial charge >= 0.3 is 0 Å². The van der Waals surface area contributed by atoms with Crippen molar-refractivity contribution in [2.24, 2.45) is 0 Å². The van der Waals surface area contributed by atoms with Gasteiger partial charge in [0.1, 0.15) is 5.52 Å². The quantitative estimate of drug-likeness (QED) is 0.256. The lowest BCUT2D eigenvalue weighted by Crippen LogP contribution is -1.99. The number of aromatic nitrogens is 3. The molecule has 0 bridgehead atoms. The van der Waals surface area contributed by atoms with Crippen LogP contribution >= 0.6 is 0 Å². The second-order valence-electron chi connectivity index (χ2n) is 9.09. The molecular weight excluding hydrogens is 450 g/mol. The number of benzene rings is 5. The molecule has 0 saturated heterocycles. The van der Waals surface area contributed by atoms with Gasteiger partial charge in [-0.2, -0.15) is 0 Å². The van der Waals surface area contributed by atoms with Gasteiger partial charge in [0.2, 0.25) is 0 Å². The molecule has 7 aromatic rings. The summed E-state index contributed by atoms with van der Waals surface area (Å²) in [4.78, 5) is 10.3. The number of rotatable bonds is 4. The van der Waals surface area contributed by atoms with E-state index in [1.54, 1.807) is 0 Å². The zero-order valence-electron chi connectivity index (χ0n) is 20.1. The third-order valence-corrected chi connectivity index (χ3v) is 6.82. The highest BCUT2D eigenvalue weighted by atomic mass is 15.0. The number of hydrogen-bond donors (Lipinski definition) is 0. The monoisotopic (exact) mass is 473 g/mol. The van der Waals surface area contributed by atoms with Crippen molar-refractivity contribution < 1.29 is 0 Å². The van der Waals surface area contributed by atoms with E-state index in [9.17, 15) is 0 Å². The van der Waals surface area contributed by atoms with Crippen molar-refractivity contribution in [3.05, 3.63) is 140 Å². The minimum Gasteiger partial charge on any atom is -0.306 e. The van der Waals surface area contributed by atoms with Gasteiger partial charge in [-0.15, -0.1) is 0 Å². The smallest absolute Gasteiger partial charge is 0.160 e. The van der Waals surface area contributed by atoms with Crippen LogP contribution < -0.4 is 0 Å². The number of fused-ring (bicyclic) bond motifs is 3. The van der Waals surface area contributed by atoms with Crippen LogP contribution in [0, 0.1) is 0 Å². The van der Waals surface area contributed by atoms with E-state index in [4.69, 9.17) is 9.97 Å². The van der Waals surface area contributed by atoms with Gasteiger partial charge < -0.3 is 4.57 Å². The number of nitrogens with zero attached hydrogens (tertiary/aromatic N) is 3. The molecule has 0 saturated carbocycles. The van der Waals surface area contributed by atoms with Crippen LogP contribution in [0.1, 0.15) is 0 Å². The Labute approximate surface area is 215 Å². The fourth-order valence-corrected chi connectivity index (χ4v) is 5.06. The van der Waals surface area contributed by atoms with Crippen LogP contribution in [-0.2, 0) is 0 Å². The number of hydrogen-bond acceptors (Lipinski definition) is 2. The Balaban J connectivity index is 1.55. The molecule has 0 aliphatic carbocycles. The SMILES string of the molecule is c1ccc(-c2ccc(-c3nc(-c4ccccc4)nc4c5ccccc5n(-c5ccccc5)c34)cc2)cc1. The molecule has 2 heterocycles. The van der Waals surface area contributed by atoms with E-state index < -0.39 is 0 Å². The molecule has 0 fully saturated rings. The molecule has 0 aliphatic heterocycles. The van der Waals surface area contributed by atoms with E-state index in [1.807, 2.05) is 30.3 Å². The van der Waals surface area contributed by atoms with Crippen LogP contribution in [0.15, 0.2) is 140 Å². The zero-order valence-corrected chi connectivity index (χ0v) is 20.1. The lowest BCUT2D eigenvalue weighted by Gasteiger charge is -2.12. The first-order valence-corrected chi connectivity index (χ1v) is 12.4. The third-order valence-electron chi connectivity index (χ3n) is 6.82. The molecule has 0 radical (unpaired) electrons. The molecule has 5 aromatic carbocycles. The lowest BCUT2D eigenvalue weighted by molar-refractivity contribution is 1.15. The van der Waals surface area contributed by atoms with Gasteiger partial charge in [-0.1, -0.05) is 121 Å². The van der Waals surface area contributed by atoms with Gasteiger partial charge in [0.25, 0.3) is 0 Å². The molecule has 2 aromatic heterocycles. The lowest BCUT2D eigenvalue weighted by atomic mass is 10.0. The third kappa shape index (κ3) is 3.69. The molecule has 7 rings (SSSR count). The predicted octanol–water partition coefficient (Wildman–Crippen LogP) is 8.57. The molecule has 0 unspecified atom stereocenters. The largest absolute Gasteiger partial charge is 0.306 e. The summed E-state index contributed by atoms with van der Waals surface area (Å²) in [6.07, 6.45) is 0. The Bertz CT molecular complexity index is 1840. The van der Waals surface area contributed by atoms with Crippen LogP contribution in [0.25, 0.3) is 61.4 Å². The second kappa shape index (κ2) is 8.89. The van der Waals surface area contributed by atoms with Crippen LogP contribution in [-0.4, -0.2) is 14.5 Å². The molecule has 3 heteroatoms. The van der Waals surface area contributed by atoms with Crippen LogP contribution in [0.5, 0.6) is 0 Å². The average Bonchev–Trinajstić information content (AvgIpc) is 3.33. The molecular formula is C34H23N3.